The zero-order valence-electron chi connectivity index (χ0n) is 14.0. The molecule has 1 unspecified atom stereocenters. The van der Waals surface area contributed by atoms with Crippen LogP contribution in [0.3, 0.4) is 0 Å². The fraction of sp³-hybridized carbons (Fsp3) is 0.211. The third-order valence-electron chi connectivity index (χ3n) is 4.20. The van der Waals surface area contributed by atoms with Gasteiger partial charge in [-0.25, -0.2) is 9.37 Å². The second-order valence-electron chi connectivity index (χ2n) is 6.43. The Kier molecular flexibility index (Phi) is 3.80. The van der Waals surface area contributed by atoms with E-state index >= 15 is 0 Å². The van der Waals surface area contributed by atoms with E-state index in [-0.39, 0.29) is 11.7 Å². The highest BCUT2D eigenvalue weighted by Crippen LogP contribution is 2.32. The summed E-state index contributed by atoms with van der Waals surface area (Å²) in [4.78, 5) is 4.52. The third-order valence-corrected chi connectivity index (χ3v) is 4.20. The molecule has 1 aromatic carbocycles. The number of hydrogen-bond donors (Lipinski definition) is 2. The van der Waals surface area contributed by atoms with Gasteiger partial charge in [0.25, 0.3) is 0 Å². The van der Waals surface area contributed by atoms with Crippen LogP contribution in [0.1, 0.15) is 37.7 Å². The number of allylic oxidation sites excluding steroid dienone is 5. The minimum atomic E-state index is -0.187. The molecule has 5 nitrogen and oxygen atoms in total. The van der Waals surface area contributed by atoms with Crippen LogP contribution in [-0.4, -0.2) is 25.4 Å². The molecule has 6 heteroatoms. The van der Waals surface area contributed by atoms with E-state index in [1.165, 1.54) is 6.08 Å². The molecule has 0 saturated carbocycles. The zero-order chi connectivity index (χ0) is 17.4. The molecule has 0 saturated heterocycles. The molecule has 3 aromatic rings. The lowest BCUT2D eigenvalue weighted by atomic mass is 9.94. The molecule has 1 aliphatic carbocycles. The largest absolute Gasteiger partial charge is 0.281 e. The molecule has 4 rings (SSSR count). The number of fused-ring (bicyclic) bond motifs is 1. The molecule has 1 aliphatic rings. The molecule has 0 bridgehead atoms. The predicted octanol–water partition coefficient (Wildman–Crippen LogP) is 4.67. The summed E-state index contributed by atoms with van der Waals surface area (Å²) in [5.74, 6) is 1.28. The molecule has 0 aliphatic heterocycles. The van der Waals surface area contributed by atoms with Crippen molar-refractivity contribution in [3.63, 3.8) is 0 Å². The zero-order valence-corrected chi connectivity index (χ0v) is 14.0. The monoisotopic (exact) mass is 335 g/mol. The van der Waals surface area contributed by atoms with Crippen LogP contribution >= 0.6 is 0 Å². The quantitative estimate of drug-likeness (QED) is 0.731. The maximum Gasteiger partial charge on any atom is 0.181 e. The summed E-state index contributed by atoms with van der Waals surface area (Å²) in [7, 11) is 0. The SMILES string of the molecule is CC(C)=Cc1nc(-c2ccc3n[nH]c(C4C=CC(F)=CC4)c3c2)n[nH]1. The standard InChI is InChI=1S/C19H18FN5/c1-11(2)9-17-21-19(25-23-17)13-5-8-16-15(10-13)18(24-22-16)12-3-6-14(20)7-4-12/h3,5-10,12H,4H2,1-2H3,(H,22,24)(H,21,23,25). The Bertz CT molecular complexity index is 1020. The number of hydrogen-bond acceptors (Lipinski definition) is 3. The number of nitrogens with zero attached hydrogens (tertiary/aromatic N) is 3. The minimum absolute atomic E-state index is 0.0909. The van der Waals surface area contributed by atoms with Gasteiger partial charge in [-0.15, -0.1) is 0 Å². The van der Waals surface area contributed by atoms with Crippen LogP contribution in [0.25, 0.3) is 28.4 Å². The van der Waals surface area contributed by atoms with Crippen molar-refractivity contribution in [2.24, 2.45) is 0 Å². The van der Waals surface area contributed by atoms with Gasteiger partial charge in [0.05, 0.1) is 11.2 Å². The maximum absolute atomic E-state index is 13.2. The molecule has 2 N–H and O–H groups in total. The van der Waals surface area contributed by atoms with Crippen LogP contribution in [0, 0.1) is 0 Å². The van der Waals surface area contributed by atoms with Crippen LogP contribution in [0.4, 0.5) is 4.39 Å². The van der Waals surface area contributed by atoms with Gasteiger partial charge in [-0.05, 0) is 56.7 Å². The van der Waals surface area contributed by atoms with Crippen molar-refractivity contribution in [2.75, 3.05) is 0 Å². The van der Waals surface area contributed by atoms with Gasteiger partial charge in [0.1, 0.15) is 11.7 Å². The molecule has 1 atom stereocenters. The van der Waals surface area contributed by atoms with E-state index < -0.39 is 0 Å². The Balaban J connectivity index is 1.72. The van der Waals surface area contributed by atoms with Gasteiger partial charge in [-0.2, -0.15) is 10.2 Å². The molecule has 2 heterocycles. The average Bonchev–Trinajstić information content (AvgIpc) is 3.21. The van der Waals surface area contributed by atoms with Crippen molar-refractivity contribution >= 4 is 17.0 Å². The summed E-state index contributed by atoms with van der Waals surface area (Å²) >= 11 is 0. The van der Waals surface area contributed by atoms with E-state index in [4.69, 9.17) is 0 Å². The topological polar surface area (TPSA) is 70.2 Å². The number of aromatic amines is 2. The Morgan fingerprint density at radius 1 is 1.24 bits per heavy atom. The lowest BCUT2D eigenvalue weighted by molar-refractivity contribution is 0.641. The first-order valence-corrected chi connectivity index (χ1v) is 8.20. The lowest BCUT2D eigenvalue weighted by Gasteiger charge is -2.12. The van der Waals surface area contributed by atoms with Gasteiger partial charge in [0.2, 0.25) is 0 Å². The van der Waals surface area contributed by atoms with Gasteiger partial charge in [0.15, 0.2) is 5.82 Å². The van der Waals surface area contributed by atoms with Gasteiger partial charge < -0.3 is 0 Å². The van der Waals surface area contributed by atoms with Gasteiger partial charge in [0, 0.05) is 16.9 Å². The maximum atomic E-state index is 13.2. The highest BCUT2D eigenvalue weighted by atomic mass is 19.1. The molecular weight excluding hydrogens is 317 g/mol. The van der Waals surface area contributed by atoms with Crippen LogP contribution in [0.2, 0.25) is 0 Å². The van der Waals surface area contributed by atoms with Gasteiger partial charge >= 0.3 is 0 Å². The van der Waals surface area contributed by atoms with Crippen molar-refractivity contribution < 1.29 is 4.39 Å². The Labute approximate surface area is 144 Å². The second-order valence-corrected chi connectivity index (χ2v) is 6.43. The highest BCUT2D eigenvalue weighted by Gasteiger charge is 2.17. The minimum Gasteiger partial charge on any atom is -0.281 e. The van der Waals surface area contributed by atoms with E-state index in [1.54, 1.807) is 6.08 Å². The number of halogens is 1. The fourth-order valence-corrected chi connectivity index (χ4v) is 3.00. The van der Waals surface area contributed by atoms with Crippen molar-refractivity contribution in [2.45, 2.75) is 26.2 Å². The molecule has 126 valence electrons. The van der Waals surface area contributed by atoms with E-state index in [0.717, 1.165) is 33.6 Å². The number of nitrogens with one attached hydrogen (secondary N) is 2. The Hall–Kier alpha value is -3.02. The van der Waals surface area contributed by atoms with Crippen LogP contribution in [-0.2, 0) is 0 Å². The third kappa shape index (κ3) is 3.03. The van der Waals surface area contributed by atoms with Gasteiger partial charge in [-0.1, -0.05) is 11.6 Å². The highest BCUT2D eigenvalue weighted by molar-refractivity contribution is 5.86. The Morgan fingerprint density at radius 2 is 2.12 bits per heavy atom. The van der Waals surface area contributed by atoms with Gasteiger partial charge in [-0.3, -0.25) is 10.2 Å². The summed E-state index contributed by atoms with van der Waals surface area (Å²) < 4.78 is 13.2. The first-order valence-electron chi connectivity index (χ1n) is 8.20. The van der Waals surface area contributed by atoms with Crippen LogP contribution < -0.4 is 0 Å². The van der Waals surface area contributed by atoms with Crippen molar-refractivity contribution in [1.29, 1.82) is 0 Å². The number of H-pyrrole nitrogens is 2. The first-order chi connectivity index (χ1) is 12.1. The summed E-state index contributed by atoms with van der Waals surface area (Å²) in [5, 5.41) is 15.7. The summed E-state index contributed by atoms with van der Waals surface area (Å²) in [6.07, 6.45) is 7.55. The van der Waals surface area contributed by atoms with Crippen molar-refractivity contribution in [1.82, 2.24) is 25.4 Å². The number of aromatic nitrogens is 5. The summed E-state index contributed by atoms with van der Waals surface area (Å²) in [5.41, 5.74) is 3.93. The van der Waals surface area contributed by atoms with E-state index in [0.29, 0.717) is 12.2 Å². The van der Waals surface area contributed by atoms with E-state index in [2.05, 4.69) is 25.4 Å². The fourth-order valence-electron chi connectivity index (χ4n) is 3.00. The van der Waals surface area contributed by atoms with Crippen molar-refractivity contribution in [3.8, 4) is 11.4 Å². The number of benzene rings is 1. The smallest absolute Gasteiger partial charge is 0.181 e. The molecule has 0 spiro atoms. The second kappa shape index (κ2) is 6.12. The molecule has 25 heavy (non-hydrogen) atoms. The Morgan fingerprint density at radius 3 is 2.88 bits per heavy atom. The molecule has 0 radical (unpaired) electrons. The predicted molar refractivity (Wildman–Crippen MR) is 96.5 cm³/mol. The summed E-state index contributed by atoms with van der Waals surface area (Å²) in [6.45, 7) is 4.03. The molecular formula is C19H18FN5. The van der Waals surface area contributed by atoms with E-state index in [1.807, 2.05) is 44.2 Å². The first kappa shape index (κ1) is 15.5. The van der Waals surface area contributed by atoms with E-state index in [9.17, 15) is 4.39 Å². The summed E-state index contributed by atoms with van der Waals surface area (Å²) in [6, 6.07) is 5.94. The lowest BCUT2D eigenvalue weighted by Crippen LogP contribution is -1.98. The normalized spacial score (nSPS) is 16.9. The molecule has 0 amide bonds. The van der Waals surface area contributed by atoms with Crippen molar-refractivity contribution in [3.05, 3.63) is 59.3 Å². The number of rotatable bonds is 3. The van der Waals surface area contributed by atoms with Crippen LogP contribution in [0.5, 0.6) is 0 Å². The molecule has 2 aromatic heterocycles. The van der Waals surface area contributed by atoms with Crippen LogP contribution in [0.15, 0.2) is 47.8 Å². The molecule has 0 fully saturated rings. The average molecular weight is 335 g/mol.